The summed E-state index contributed by atoms with van der Waals surface area (Å²) in [5.41, 5.74) is 1.97. The van der Waals surface area contributed by atoms with Crippen molar-refractivity contribution in [3.8, 4) is 0 Å². The Hall–Kier alpha value is -4.26. The molecule has 7 heteroatoms. The third-order valence-electron chi connectivity index (χ3n) is 4.79. The summed E-state index contributed by atoms with van der Waals surface area (Å²) in [6.45, 7) is 0.163. The van der Waals surface area contributed by atoms with E-state index in [1.54, 1.807) is 48.5 Å². The van der Waals surface area contributed by atoms with Crippen LogP contribution in [0.3, 0.4) is 0 Å². The largest absolute Gasteiger partial charge is 0.348 e. The molecule has 0 spiro atoms. The van der Waals surface area contributed by atoms with Crippen molar-refractivity contribution in [2.24, 2.45) is 0 Å². The Morgan fingerprint density at radius 2 is 1.58 bits per heavy atom. The molecule has 0 aliphatic heterocycles. The first kappa shape index (κ1) is 20.0. The van der Waals surface area contributed by atoms with Gasteiger partial charge in [-0.2, -0.15) is 0 Å². The number of carbonyl (C=O) groups is 2. The Morgan fingerprint density at radius 1 is 0.871 bits per heavy atom. The average molecular weight is 412 g/mol. The fraction of sp³-hybridized carbons (Fsp3) is 0.0833. The molecule has 7 nitrogen and oxygen atoms in total. The summed E-state index contributed by atoms with van der Waals surface area (Å²) in [4.78, 5) is 42.1. The fourth-order valence-electron chi connectivity index (χ4n) is 3.23. The van der Waals surface area contributed by atoms with Crippen LogP contribution in [0, 0.1) is 0 Å². The van der Waals surface area contributed by atoms with Gasteiger partial charge in [0.15, 0.2) is 0 Å². The van der Waals surface area contributed by atoms with Gasteiger partial charge in [0.25, 0.3) is 11.5 Å². The lowest BCUT2D eigenvalue weighted by atomic mass is 10.1. The second-order valence-corrected chi connectivity index (χ2v) is 6.96. The molecule has 3 aromatic carbocycles. The Bertz CT molecular complexity index is 1300. The third-order valence-corrected chi connectivity index (χ3v) is 4.79. The highest BCUT2D eigenvalue weighted by atomic mass is 16.2. The molecule has 154 valence electrons. The quantitative estimate of drug-likeness (QED) is 0.509. The fourth-order valence-corrected chi connectivity index (χ4v) is 3.23. The van der Waals surface area contributed by atoms with Gasteiger partial charge in [-0.05, 0) is 29.8 Å². The van der Waals surface area contributed by atoms with Crippen molar-refractivity contribution >= 4 is 28.4 Å². The van der Waals surface area contributed by atoms with Crippen LogP contribution in [0.4, 0.5) is 5.69 Å². The minimum absolute atomic E-state index is 0.212. The van der Waals surface area contributed by atoms with E-state index in [0.717, 1.165) is 5.56 Å². The van der Waals surface area contributed by atoms with Gasteiger partial charge in [0.1, 0.15) is 6.54 Å². The average Bonchev–Trinajstić information content (AvgIpc) is 2.80. The van der Waals surface area contributed by atoms with E-state index in [1.807, 2.05) is 30.3 Å². The van der Waals surface area contributed by atoms with Crippen LogP contribution in [0.5, 0.6) is 0 Å². The first-order chi connectivity index (χ1) is 15.1. The highest BCUT2D eigenvalue weighted by molar-refractivity contribution is 6.03. The lowest BCUT2D eigenvalue weighted by molar-refractivity contribution is -0.116. The van der Waals surface area contributed by atoms with E-state index in [-0.39, 0.29) is 18.0 Å². The predicted molar refractivity (Wildman–Crippen MR) is 119 cm³/mol. The van der Waals surface area contributed by atoms with Crippen molar-refractivity contribution in [1.82, 2.24) is 14.9 Å². The number of carbonyl (C=O) groups excluding carboxylic acids is 2. The SMILES string of the molecule is O=C(Cn1cnc2ccccc2c1=O)Nc1ccccc1C(=O)NCc1ccccc1. The maximum atomic E-state index is 12.7. The molecule has 0 bridgehead atoms. The van der Waals surface area contributed by atoms with E-state index >= 15 is 0 Å². The van der Waals surface area contributed by atoms with Crippen LogP contribution in [0.2, 0.25) is 0 Å². The second kappa shape index (κ2) is 9.04. The van der Waals surface area contributed by atoms with Gasteiger partial charge in [-0.3, -0.25) is 19.0 Å². The topological polar surface area (TPSA) is 93.1 Å². The Balaban J connectivity index is 1.47. The van der Waals surface area contributed by atoms with E-state index in [9.17, 15) is 14.4 Å². The zero-order chi connectivity index (χ0) is 21.6. The molecule has 0 saturated heterocycles. The molecule has 1 aromatic heterocycles. The molecule has 1 heterocycles. The standard InChI is InChI=1S/C24H20N4O3/c29-22(15-28-16-26-20-12-6-5-11-19(20)24(28)31)27-21-13-7-4-10-18(21)23(30)25-14-17-8-2-1-3-9-17/h1-13,16H,14-15H2,(H,25,30)(H,27,29). The molecule has 4 rings (SSSR count). The number of hydrogen-bond acceptors (Lipinski definition) is 4. The van der Waals surface area contributed by atoms with E-state index in [0.29, 0.717) is 28.7 Å². The molecule has 4 aromatic rings. The molecule has 2 amide bonds. The molecule has 0 saturated carbocycles. The van der Waals surface area contributed by atoms with Crippen LogP contribution in [-0.2, 0) is 17.9 Å². The molecule has 0 atom stereocenters. The van der Waals surface area contributed by atoms with Crippen molar-refractivity contribution in [2.75, 3.05) is 5.32 Å². The molecule has 0 fully saturated rings. The van der Waals surface area contributed by atoms with Crippen LogP contribution in [0.1, 0.15) is 15.9 Å². The van der Waals surface area contributed by atoms with Crippen molar-refractivity contribution in [1.29, 1.82) is 0 Å². The van der Waals surface area contributed by atoms with Crippen LogP contribution in [0.15, 0.2) is 90.0 Å². The van der Waals surface area contributed by atoms with Crippen LogP contribution >= 0.6 is 0 Å². The van der Waals surface area contributed by atoms with Gasteiger partial charge in [0.05, 0.1) is 28.5 Å². The minimum atomic E-state index is -0.428. The number of anilines is 1. The molecule has 0 aliphatic carbocycles. The van der Waals surface area contributed by atoms with E-state index in [1.165, 1.54) is 10.9 Å². The number of rotatable bonds is 6. The summed E-state index contributed by atoms with van der Waals surface area (Å²) in [6, 6.07) is 23.3. The lowest BCUT2D eigenvalue weighted by Gasteiger charge is -2.12. The Labute approximate surface area is 178 Å². The summed E-state index contributed by atoms with van der Waals surface area (Å²) < 4.78 is 1.25. The van der Waals surface area contributed by atoms with E-state index < -0.39 is 5.91 Å². The Kier molecular flexibility index (Phi) is 5.84. The van der Waals surface area contributed by atoms with Crippen LogP contribution in [-0.4, -0.2) is 21.4 Å². The number of amides is 2. The van der Waals surface area contributed by atoms with Gasteiger partial charge in [0.2, 0.25) is 5.91 Å². The number of aromatic nitrogens is 2. The van der Waals surface area contributed by atoms with Gasteiger partial charge in [-0.25, -0.2) is 4.98 Å². The van der Waals surface area contributed by atoms with E-state index in [4.69, 9.17) is 0 Å². The summed E-state index contributed by atoms with van der Waals surface area (Å²) in [7, 11) is 0. The highest BCUT2D eigenvalue weighted by Crippen LogP contribution is 2.15. The first-order valence-corrected chi connectivity index (χ1v) is 9.77. The number of nitrogens with zero attached hydrogens (tertiary/aromatic N) is 2. The highest BCUT2D eigenvalue weighted by Gasteiger charge is 2.14. The molecule has 0 radical (unpaired) electrons. The number of hydrogen-bond donors (Lipinski definition) is 2. The van der Waals surface area contributed by atoms with Crippen molar-refractivity contribution in [3.05, 3.63) is 107 Å². The maximum absolute atomic E-state index is 12.7. The molecule has 2 N–H and O–H groups in total. The monoisotopic (exact) mass is 412 g/mol. The zero-order valence-corrected chi connectivity index (χ0v) is 16.6. The zero-order valence-electron chi connectivity index (χ0n) is 16.6. The number of benzene rings is 3. The summed E-state index contributed by atoms with van der Waals surface area (Å²) >= 11 is 0. The third kappa shape index (κ3) is 4.67. The van der Waals surface area contributed by atoms with Crippen molar-refractivity contribution < 1.29 is 9.59 Å². The van der Waals surface area contributed by atoms with Crippen molar-refractivity contribution in [3.63, 3.8) is 0 Å². The second-order valence-electron chi connectivity index (χ2n) is 6.96. The molecular weight excluding hydrogens is 392 g/mol. The summed E-state index contributed by atoms with van der Waals surface area (Å²) in [5.74, 6) is -0.730. The normalized spacial score (nSPS) is 10.6. The van der Waals surface area contributed by atoms with Gasteiger partial charge >= 0.3 is 0 Å². The van der Waals surface area contributed by atoms with Crippen LogP contribution < -0.4 is 16.2 Å². The predicted octanol–water partition coefficient (Wildman–Crippen LogP) is 2.97. The van der Waals surface area contributed by atoms with Crippen molar-refractivity contribution in [2.45, 2.75) is 13.1 Å². The molecule has 0 unspecified atom stereocenters. The lowest BCUT2D eigenvalue weighted by Crippen LogP contribution is -2.29. The van der Waals surface area contributed by atoms with Gasteiger partial charge < -0.3 is 10.6 Å². The number of nitrogens with one attached hydrogen (secondary N) is 2. The first-order valence-electron chi connectivity index (χ1n) is 9.77. The summed E-state index contributed by atoms with van der Waals surface area (Å²) in [6.07, 6.45) is 1.35. The van der Waals surface area contributed by atoms with Gasteiger partial charge in [-0.15, -0.1) is 0 Å². The summed E-state index contributed by atoms with van der Waals surface area (Å²) in [5, 5.41) is 6.02. The smallest absolute Gasteiger partial charge is 0.261 e. The molecule has 0 aliphatic rings. The Morgan fingerprint density at radius 3 is 2.42 bits per heavy atom. The minimum Gasteiger partial charge on any atom is -0.348 e. The van der Waals surface area contributed by atoms with Crippen LogP contribution in [0.25, 0.3) is 10.9 Å². The number of para-hydroxylation sites is 2. The molecule has 31 heavy (non-hydrogen) atoms. The van der Waals surface area contributed by atoms with Gasteiger partial charge in [-0.1, -0.05) is 54.6 Å². The molecular formula is C24H20N4O3. The van der Waals surface area contributed by atoms with Gasteiger partial charge in [0, 0.05) is 6.54 Å². The van der Waals surface area contributed by atoms with E-state index in [2.05, 4.69) is 15.6 Å². The maximum Gasteiger partial charge on any atom is 0.261 e. The number of fused-ring (bicyclic) bond motifs is 1.